The van der Waals surface area contributed by atoms with Crippen LogP contribution in [0.1, 0.15) is 24.9 Å². The average Bonchev–Trinajstić information content (AvgIpc) is 2.88. The van der Waals surface area contributed by atoms with Crippen LogP contribution in [-0.4, -0.2) is 119 Å². The lowest BCUT2D eigenvalue weighted by Gasteiger charge is -2.39. The highest BCUT2D eigenvalue weighted by Gasteiger charge is 2.27. The highest BCUT2D eigenvalue weighted by Crippen LogP contribution is 2.25. The van der Waals surface area contributed by atoms with Gasteiger partial charge in [-0.25, -0.2) is 24.0 Å². The van der Waals surface area contributed by atoms with Crippen molar-refractivity contribution in [3.05, 3.63) is 60.2 Å². The van der Waals surface area contributed by atoms with Crippen LogP contribution in [0.2, 0.25) is 0 Å². The molecule has 1 atom stereocenters. The first kappa shape index (κ1) is 34.8. The monoisotopic (exact) mass is 551 g/mol. The van der Waals surface area contributed by atoms with Crippen LogP contribution in [0.5, 0.6) is 0 Å². The Hall–Kier alpha value is -4.23. The van der Waals surface area contributed by atoms with E-state index in [0.29, 0.717) is 37.0 Å². The first-order valence-electron chi connectivity index (χ1n) is 12.0. The molecule has 0 aromatic heterocycles. The molecule has 4 N–H and O–H groups in total. The van der Waals surface area contributed by atoms with E-state index < -0.39 is 23.9 Å². The number of nitrogens with zero attached hydrogens (tertiary/aromatic N) is 3. The van der Waals surface area contributed by atoms with Crippen molar-refractivity contribution in [2.24, 2.45) is 0 Å². The fourth-order valence-electron chi connectivity index (χ4n) is 3.33. The molecule has 1 saturated heterocycles. The van der Waals surface area contributed by atoms with Crippen LogP contribution >= 0.6 is 0 Å². The predicted octanol–water partition coefficient (Wildman–Crippen LogP) is 1.88. The Balaban J connectivity index is 0.000000742. The van der Waals surface area contributed by atoms with Gasteiger partial charge in [0.05, 0.1) is 6.61 Å². The summed E-state index contributed by atoms with van der Waals surface area (Å²) >= 11 is 0. The third-order valence-corrected chi connectivity index (χ3v) is 5.05. The largest absolute Gasteiger partial charge is 0.478 e. The number of hydrogen-bond acceptors (Lipinski definition) is 8. The lowest BCUT2D eigenvalue weighted by Crippen LogP contribution is -2.50. The van der Waals surface area contributed by atoms with Crippen molar-refractivity contribution in [1.82, 2.24) is 14.7 Å². The second-order valence-corrected chi connectivity index (χ2v) is 8.26. The number of rotatable bonds is 10. The minimum Gasteiger partial charge on any atom is -0.478 e. The molecule has 2 rings (SSSR count). The van der Waals surface area contributed by atoms with E-state index in [1.807, 2.05) is 11.8 Å². The topological polar surface area (TPSA) is 185 Å². The summed E-state index contributed by atoms with van der Waals surface area (Å²) in [5.74, 6) is -5.03. The standard InChI is InChI=1S/C18H29N3O2.2C4H4O4/c1-4-23-18(22)21-14-12-20(13-15-21)17(10-11-19(2)3)16-8-6-5-7-9-16;2*5-3(6)1-2-4(7)8/h5-9,17H,4,10-15H2,1-3H3;2*1-2H,(H,5,6)(H,7,8). The summed E-state index contributed by atoms with van der Waals surface area (Å²) < 4.78 is 5.10. The molecule has 1 aliphatic rings. The number of carboxylic acid groups (broad SMARTS) is 4. The zero-order valence-corrected chi connectivity index (χ0v) is 22.3. The van der Waals surface area contributed by atoms with Crippen LogP contribution in [0, 0.1) is 0 Å². The number of benzene rings is 1. The van der Waals surface area contributed by atoms with E-state index in [1.165, 1.54) is 5.56 Å². The van der Waals surface area contributed by atoms with Crippen LogP contribution in [0.4, 0.5) is 4.79 Å². The van der Waals surface area contributed by atoms with Crippen LogP contribution in [0.3, 0.4) is 0 Å². The molecular formula is C26H37N3O10. The number of carbonyl (C=O) groups excluding carboxylic acids is 1. The summed E-state index contributed by atoms with van der Waals surface area (Å²) in [6, 6.07) is 11.1. The molecule has 0 saturated carbocycles. The van der Waals surface area contributed by atoms with Crippen molar-refractivity contribution >= 4 is 30.0 Å². The molecule has 216 valence electrons. The lowest BCUT2D eigenvalue weighted by molar-refractivity contribution is -0.134. The van der Waals surface area contributed by atoms with E-state index in [2.05, 4.69) is 54.2 Å². The molecule has 1 fully saturated rings. The smallest absolute Gasteiger partial charge is 0.409 e. The Morgan fingerprint density at radius 2 is 1.26 bits per heavy atom. The summed E-state index contributed by atoms with van der Waals surface area (Å²) in [6.45, 7) is 6.61. The molecule has 0 spiro atoms. The minimum atomic E-state index is -1.26. The van der Waals surface area contributed by atoms with Crippen LogP contribution in [0.15, 0.2) is 54.6 Å². The Morgan fingerprint density at radius 1 is 0.821 bits per heavy atom. The molecule has 13 heteroatoms. The van der Waals surface area contributed by atoms with Gasteiger partial charge in [-0.3, -0.25) is 4.90 Å². The molecule has 1 heterocycles. The van der Waals surface area contributed by atoms with Crippen molar-refractivity contribution in [2.75, 3.05) is 53.4 Å². The number of piperazine rings is 1. The molecule has 1 amide bonds. The summed E-state index contributed by atoms with van der Waals surface area (Å²) in [4.78, 5) is 56.6. The quantitative estimate of drug-likeness (QED) is 0.310. The van der Waals surface area contributed by atoms with Crippen molar-refractivity contribution in [3.63, 3.8) is 0 Å². The molecule has 0 bridgehead atoms. The molecule has 1 aromatic rings. The highest BCUT2D eigenvalue weighted by atomic mass is 16.6. The van der Waals surface area contributed by atoms with Gasteiger partial charge in [0.1, 0.15) is 0 Å². The average molecular weight is 552 g/mol. The maximum Gasteiger partial charge on any atom is 0.409 e. The van der Waals surface area contributed by atoms with Gasteiger partial charge in [0.2, 0.25) is 0 Å². The normalized spacial score (nSPS) is 14.1. The number of amides is 1. The van der Waals surface area contributed by atoms with Crippen molar-refractivity contribution in [3.8, 4) is 0 Å². The Kier molecular flexibility index (Phi) is 17.7. The van der Waals surface area contributed by atoms with Gasteiger partial charge in [0.15, 0.2) is 0 Å². The van der Waals surface area contributed by atoms with E-state index in [9.17, 15) is 24.0 Å². The van der Waals surface area contributed by atoms with E-state index in [1.54, 1.807) is 0 Å². The maximum absolute atomic E-state index is 11.8. The van der Waals surface area contributed by atoms with E-state index in [4.69, 9.17) is 25.2 Å². The van der Waals surface area contributed by atoms with E-state index >= 15 is 0 Å². The Morgan fingerprint density at radius 3 is 1.62 bits per heavy atom. The molecular weight excluding hydrogens is 514 g/mol. The number of carbonyl (C=O) groups is 5. The Bertz CT molecular complexity index is 905. The second-order valence-electron chi connectivity index (χ2n) is 8.26. The van der Waals surface area contributed by atoms with Gasteiger partial charge in [-0.15, -0.1) is 0 Å². The number of carboxylic acids is 4. The van der Waals surface area contributed by atoms with Crippen LogP contribution in [0.25, 0.3) is 0 Å². The minimum absolute atomic E-state index is 0.184. The third-order valence-electron chi connectivity index (χ3n) is 5.05. The third kappa shape index (κ3) is 17.8. The van der Waals surface area contributed by atoms with Gasteiger partial charge in [0.25, 0.3) is 0 Å². The molecule has 1 aliphatic heterocycles. The predicted molar refractivity (Wildman–Crippen MR) is 141 cm³/mol. The molecule has 1 aromatic carbocycles. The van der Waals surface area contributed by atoms with Gasteiger partial charge in [0, 0.05) is 56.5 Å². The fraction of sp³-hybridized carbons (Fsp3) is 0.423. The fourth-order valence-corrected chi connectivity index (χ4v) is 3.33. The highest BCUT2D eigenvalue weighted by molar-refractivity contribution is 5.90. The summed E-state index contributed by atoms with van der Waals surface area (Å²) in [5.41, 5.74) is 1.36. The molecule has 0 radical (unpaired) electrons. The zero-order valence-electron chi connectivity index (χ0n) is 22.3. The van der Waals surface area contributed by atoms with Gasteiger partial charge in [-0.05, 0) is 39.5 Å². The van der Waals surface area contributed by atoms with E-state index in [0.717, 1.165) is 39.1 Å². The molecule has 13 nitrogen and oxygen atoms in total. The van der Waals surface area contributed by atoms with Crippen molar-refractivity contribution < 1.29 is 49.1 Å². The molecule has 0 aliphatic carbocycles. The maximum atomic E-state index is 11.8. The number of aliphatic carboxylic acids is 4. The van der Waals surface area contributed by atoms with Gasteiger partial charge in [-0.1, -0.05) is 30.3 Å². The first-order valence-corrected chi connectivity index (χ1v) is 12.0. The van der Waals surface area contributed by atoms with Crippen LogP contribution < -0.4 is 0 Å². The first-order chi connectivity index (χ1) is 18.4. The number of ether oxygens (including phenoxy) is 1. The van der Waals surface area contributed by atoms with E-state index in [-0.39, 0.29) is 6.09 Å². The lowest BCUT2D eigenvalue weighted by atomic mass is 10.0. The zero-order chi connectivity index (χ0) is 29.8. The summed E-state index contributed by atoms with van der Waals surface area (Å²) in [6.07, 6.45) is 3.14. The number of hydrogen-bond donors (Lipinski definition) is 4. The molecule has 1 unspecified atom stereocenters. The van der Waals surface area contributed by atoms with Gasteiger partial charge in [-0.2, -0.15) is 0 Å². The Labute approximate surface area is 227 Å². The SMILES string of the molecule is CCOC(=O)N1CCN(C(CCN(C)C)c2ccccc2)CC1.O=C(O)C=CC(=O)O.O=C(O)C=CC(=O)O. The summed E-state index contributed by atoms with van der Waals surface area (Å²) in [7, 11) is 4.22. The second kappa shape index (κ2) is 19.8. The van der Waals surface area contributed by atoms with Crippen LogP contribution in [-0.2, 0) is 23.9 Å². The van der Waals surface area contributed by atoms with Crippen molar-refractivity contribution in [1.29, 1.82) is 0 Å². The van der Waals surface area contributed by atoms with Crippen molar-refractivity contribution in [2.45, 2.75) is 19.4 Å². The summed E-state index contributed by atoms with van der Waals surface area (Å²) in [5, 5.41) is 31.2. The van der Waals surface area contributed by atoms with Gasteiger partial charge >= 0.3 is 30.0 Å². The van der Waals surface area contributed by atoms with Gasteiger partial charge < -0.3 is 35.0 Å². The molecule has 39 heavy (non-hydrogen) atoms.